The summed E-state index contributed by atoms with van der Waals surface area (Å²) in [5.41, 5.74) is 39.7. The Bertz CT molecular complexity index is 3240. The molecule has 3 aromatic rings. The maximum atomic E-state index is 13.6. The Kier molecular flexibility index (Phi) is 25.7. The number of aromatic amines is 2. The molecule has 3 aromatic heterocycles. The molecule has 24 N–H and O–H groups in total. The van der Waals surface area contributed by atoms with Crippen LogP contribution >= 0.6 is 0 Å². The van der Waals surface area contributed by atoms with Gasteiger partial charge in [-0.2, -0.15) is 0 Å². The van der Waals surface area contributed by atoms with Crippen molar-refractivity contribution in [2.45, 2.75) is 175 Å². The molecule has 1 saturated carbocycles. The number of nitrogens with two attached hydrogens (primary N) is 7. The molecule has 92 heavy (non-hydrogen) atoms. The third-order valence-electron chi connectivity index (χ3n) is 15.9. The maximum Gasteiger partial charge on any atom is 0.407 e. The number of nitrogens with one attached hydrogen (secondary N) is 4. The molecular weight excluding hydrogens is 1230 g/mol. The van der Waals surface area contributed by atoms with Crippen molar-refractivity contribution in [2.24, 2.45) is 40.1 Å². The van der Waals surface area contributed by atoms with E-state index in [1.807, 2.05) is 0 Å². The fourth-order valence-electron chi connectivity index (χ4n) is 10.7. The normalized spacial score (nSPS) is 30.6. The highest BCUT2D eigenvalue weighted by molar-refractivity contribution is 5.85. The van der Waals surface area contributed by atoms with E-state index >= 15 is 0 Å². The summed E-state index contributed by atoms with van der Waals surface area (Å²) in [4.78, 5) is 119. The summed E-state index contributed by atoms with van der Waals surface area (Å²) in [6, 6.07) is -4.61. The zero-order chi connectivity index (χ0) is 67.4. The molecule has 3 aliphatic heterocycles. The van der Waals surface area contributed by atoms with Crippen molar-refractivity contribution in [2.75, 3.05) is 59.0 Å². The highest BCUT2D eigenvalue weighted by Crippen LogP contribution is 2.35. The van der Waals surface area contributed by atoms with Crippen LogP contribution in [0.3, 0.4) is 0 Å². The van der Waals surface area contributed by atoms with Gasteiger partial charge in [-0.15, -0.1) is 5.10 Å². The number of unbranched alkanes of at least 4 members (excludes halogenated alkanes) is 1. The van der Waals surface area contributed by atoms with E-state index in [1.54, 1.807) is 6.20 Å². The summed E-state index contributed by atoms with van der Waals surface area (Å²) >= 11 is 0. The molecule has 6 heterocycles. The molecule has 0 radical (unpaired) electrons. The van der Waals surface area contributed by atoms with Crippen LogP contribution in [0.1, 0.15) is 36.1 Å². The van der Waals surface area contributed by atoms with E-state index in [0.717, 1.165) is 31.3 Å². The van der Waals surface area contributed by atoms with Crippen molar-refractivity contribution < 1.29 is 87.8 Å². The van der Waals surface area contributed by atoms with Gasteiger partial charge in [0.1, 0.15) is 80.2 Å². The number of nitrogens with zero attached hydrogens (tertiary/aromatic N) is 7. The average Bonchev–Trinajstić information content (AvgIpc) is 1.43. The highest BCUT2D eigenvalue weighted by Gasteiger charge is 2.55. The Morgan fingerprint density at radius 2 is 1.15 bits per heavy atom. The number of hydrogen-bond donors (Lipinski definition) is 17. The predicted molar refractivity (Wildman–Crippen MR) is 311 cm³/mol. The van der Waals surface area contributed by atoms with Crippen LogP contribution in [0.4, 0.5) is 4.79 Å². The minimum absolute atomic E-state index is 0.00764. The molecular formula is C52H84N18O22. The molecule has 1 aliphatic carbocycles. The molecule has 514 valence electrons. The van der Waals surface area contributed by atoms with Crippen LogP contribution in [0.25, 0.3) is 0 Å². The van der Waals surface area contributed by atoms with Gasteiger partial charge in [-0.05, 0) is 39.5 Å². The first-order valence-electron chi connectivity index (χ1n) is 29.5. The van der Waals surface area contributed by atoms with E-state index < -0.39 is 195 Å². The second-order valence-corrected chi connectivity index (χ2v) is 22.9. The third-order valence-corrected chi connectivity index (χ3v) is 15.9. The van der Waals surface area contributed by atoms with Crippen molar-refractivity contribution in [1.29, 1.82) is 0 Å². The Morgan fingerprint density at radius 1 is 0.641 bits per heavy atom. The number of aliphatic hydroxyl groups excluding tert-OH is 6. The number of carbonyl (C=O) groups excluding carboxylic acids is 5. The van der Waals surface area contributed by atoms with Gasteiger partial charge < -0.3 is 124 Å². The number of aromatic nitrogens is 7. The van der Waals surface area contributed by atoms with Gasteiger partial charge in [0.05, 0.1) is 50.1 Å². The number of aryl methyl sites for hydroxylation is 3. The van der Waals surface area contributed by atoms with Gasteiger partial charge in [-0.3, -0.25) is 47.9 Å². The van der Waals surface area contributed by atoms with Crippen molar-refractivity contribution in [1.82, 2.24) is 54.5 Å². The minimum atomic E-state index is -1.72. The van der Waals surface area contributed by atoms with E-state index in [0.29, 0.717) is 25.0 Å². The van der Waals surface area contributed by atoms with Gasteiger partial charge in [0.15, 0.2) is 18.9 Å². The third kappa shape index (κ3) is 18.4. The number of hydrogen-bond acceptors (Lipinski definition) is 30. The van der Waals surface area contributed by atoms with Gasteiger partial charge in [-0.25, -0.2) is 19.1 Å². The molecule has 4 aliphatic rings. The summed E-state index contributed by atoms with van der Waals surface area (Å²) in [5, 5.41) is 79.3. The molecule has 40 heteroatoms. The summed E-state index contributed by atoms with van der Waals surface area (Å²) < 4.78 is 45.0. The molecule has 0 spiro atoms. The fraction of sp³-hybridized carbons (Fsp3) is 0.712. The fourth-order valence-corrected chi connectivity index (χ4v) is 10.7. The lowest BCUT2D eigenvalue weighted by atomic mass is 9.84. The summed E-state index contributed by atoms with van der Waals surface area (Å²) in [5.74, 6) is -3.22. The molecule has 4 fully saturated rings. The molecule has 0 unspecified atom stereocenters. The van der Waals surface area contributed by atoms with Crippen LogP contribution < -0.4 is 73.3 Å². The topological polar surface area (TPSA) is 624 Å². The molecule has 19 atom stereocenters. The summed E-state index contributed by atoms with van der Waals surface area (Å²) in [7, 11) is 0. The quantitative estimate of drug-likeness (QED) is 0.0287. The molecule has 7 rings (SSSR count). The van der Waals surface area contributed by atoms with Crippen LogP contribution in [0.5, 0.6) is 0 Å². The van der Waals surface area contributed by atoms with E-state index in [4.69, 9.17) is 73.3 Å². The number of alkyl carbamates (subject to hydrolysis) is 1. The first-order valence-corrected chi connectivity index (χ1v) is 29.5. The van der Waals surface area contributed by atoms with Gasteiger partial charge in [-0.1, -0.05) is 5.21 Å². The largest absolute Gasteiger partial charge is 0.450 e. The molecule has 0 aromatic carbocycles. The standard InChI is InChI=1S/C52H84N18O22/c1-22-14-68(50(83)62-45(22)81)20-32(73)66(18-30(57)71)8-6-60-31(72)19-67(33(74)21-69-15-23(2)46(82)63-51(69)84)9-7-61-52(85)86-10-4-3-5-24-16-70(65-64-24)17-29-43(91-48-35(59)40(79)38(77)28(13-54)88-48)41(80)49(89-29)92-44-36(75)25(55)11-26(56)42(44)90-47-34(58)39(78)37(76)27(12-53)87-47/h14-16,25-29,34-44,47-49,75-80H,3-13,17-21,53-56,58-59H2,1-2H3,(H2,57,71)(H,60,72)(H,61,85)(H,62,81,83)(H,63,82,84)/t25-,26+,27-,28+,29-,34-,35-,36+,37-,38-,39-,40-,41-,42-,43-,44-,47-,48-,49+/m1/s1. The predicted octanol–water partition coefficient (Wildman–Crippen LogP) is -12.6. The van der Waals surface area contributed by atoms with Crippen molar-refractivity contribution >= 4 is 29.7 Å². The minimum Gasteiger partial charge on any atom is -0.450 e. The highest BCUT2D eigenvalue weighted by atomic mass is 16.8. The number of rotatable bonds is 29. The van der Waals surface area contributed by atoms with Gasteiger partial charge in [0.2, 0.25) is 23.6 Å². The number of carbonyl (C=O) groups is 5. The molecule has 5 amide bonds. The maximum absolute atomic E-state index is 13.6. The summed E-state index contributed by atoms with van der Waals surface area (Å²) in [6.07, 6.45) is -17.3. The Morgan fingerprint density at radius 3 is 1.70 bits per heavy atom. The molecule has 40 nitrogen and oxygen atoms in total. The number of amides is 5. The summed E-state index contributed by atoms with van der Waals surface area (Å²) in [6.45, 7) is -1.49. The van der Waals surface area contributed by atoms with E-state index in [2.05, 4.69) is 30.9 Å². The van der Waals surface area contributed by atoms with Crippen molar-refractivity contribution in [3.05, 3.63) is 77.1 Å². The smallest absolute Gasteiger partial charge is 0.407 e. The SMILES string of the molecule is Cc1cn(CC(=O)N(CCNC(=O)CN(CCNC(=O)OCCCCc2cn(C[C@H]3O[C@@H](O[C@@H]4[C@@H](O)[C@H](N)C[C@H](N)[C@H]4O[C@H]4O[C@H](CN)[C@@H](O)[C@H](O)[C@H]4N)[C@H](O)[C@@H]3O[C@H]3O[C@@H](CN)[C@@H](O)[C@H](O)[C@H]3N)nn2)C(=O)Cn2cc(C)c(=O)[nH]c2=O)CC(N)=O)c(=O)[nH]c1=O. The van der Waals surface area contributed by atoms with Gasteiger partial charge >= 0.3 is 17.5 Å². The number of ether oxygens (including phenoxy) is 7. The molecule has 3 saturated heterocycles. The first kappa shape index (κ1) is 72.4. The number of H-pyrrole nitrogens is 2. The van der Waals surface area contributed by atoms with Crippen LogP contribution in [0, 0.1) is 13.8 Å². The Hall–Kier alpha value is -7.07. The van der Waals surface area contributed by atoms with Crippen LogP contribution in [0.2, 0.25) is 0 Å². The number of aliphatic hydroxyl groups is 6. The Balaban J connectivity index is 0.929. The van der Waals surface area contributed by atoms with Crippen molar-refractivity contribution in [3.63, 3.8) is 0 Å². The first-order chi connectivity index (χ1) is 43.6. The zero-order valence-corrected chi connectivity index (χ0v) is 50.4. The van der Waals surface area contributed by atoms with Gasteiger partial charge in [0.25, 0.3) is 11.1 Å². The van der Waals surface area contributed by atoms with Crippen molar-refractivity contribution in [3.8, 4) is 0 Å². The molecule has 0 bridgehead atoms. The lowest BCUT2D eigenvalue weighted by molar-refractivity contribution is -0.306. The second-order valence-electron chi connectivity index (χ2n) is 22.9. The van der Waals surface area contributed by atoms with Crippen LogP contribution in [0.15, 0.2) is 37.8 Å². The van der Waals surface area contributed by atoms with Gasteiger partial charge in [0, 0.05) is 81.1 Å². The van der Waals surface area contributed by atoms with E-state index in [-0.39, 0.29) is 70.0 Å². The lowest BCUT2D eigenvalue weighted by Crippen LogP contribution is -2.68. The van der Waals surface area contributed by atoms with E-state index in [1.165, 1.54) is 18.5 Å². The number of primary amides is 1. The Labute approximate surface area is 522 Å². The zero-order valence-electron chi connectivity index (χ0n) is 50.4. The van der Waals surface area contributed by atoms with E-state index in [9.17, 15) is 73.8 Å². The second kappa shape index (κ2) is 32.7. The lowest BCUT2D eigenvalue weighted by Gasteiger charge is -2.47. The van der Waals surface area contributed by atoms with Crippen LogP contribution in [-0.4, -0.2) is 280 Å². The van der Waals surface area contributed by atoms with Crippen LogP contribution in [-0.2, 0) is 78.4 Å². The average molecular weight is 1310 g/mol. The monoisotopic (exact) mass is 1310 g/mol.